The van der Waals surface area contributed by atoms with Gasteiger partial charge in [0, 0.05) is 11.1 Å². The van der Waals surface area contributed by atoms with Crippen LogP contribution in [-0.4, -0.2) is 11.2 Å². The standard InChI is InChI=1S/C22H28O2.2C2H6/c1-6-22(4,5)12-15(3)20-14(2)10-11-16-17(20)13-24-19-9-7-8-18(23)21(16)19;2*1-2/h7,9-12,18,23H,6,8,13H2,1-5H3;2*1-2H3/b15-12-;;/t18-;;/m0../s1. The molecule has 0 aromatic heterocycles. The minimum Gasteiger partial charge on any atom is -0.488 e. The molecule has 0 amide bonds. The Morgan fingerprint density at radius 1 is 1.21 bits per heavy atom. The first-order valence-electron chi connectivity index (χ1n) is 10.9. The number of ether oxygens (including phenoxy) is 1. The van der Waals surface area contributed by atoms with Crippen molar-refractivity contribution >= 4 is 11.1 Å². The van der Waals surface area contributed by atoms with E-state index in [1.54, 1.807) is 0 Å². The maximum atomic E-state index is 10.5. The van der Waals surface area contributed by atoms with Gasteiger partial charge in [0.25, 0.3) is 0 Å². The van der Waals surface area contributed by atoms with Gasteiger partial charge in [0.2, 0.25) is 0 Å². The molecule has 1 aliphatic carbocycles. The molecule has 1 heterocycles. The summed E-state index contributed by atoms with van der Waals surface area (Å²) in [6, 6.07) is 4.32. The lowest BCUT2D eigenvalue weighted by molar-refractivity contribution is 0.183. The van der Waals surface area contributed by atoms with Gasteiger partial charge in [-0.1, -0.05) is 72.8 Å². The summed E-state index contributed by atoms with van der Waals surface area (Å²) in [5, 5.41) is 10.5. The van der Waals surface area contributed by atoms with Crippen LogP contribution in [0, 0.1) is 12.3 Å². The Kier molecular flexibility index (Phi) is 9.23. The largest absolute Gasteiger partial charge is 0.488 e. The summed E-state index contributed by atoms with van der Waals surface area (Å²) in [6.45, 7) is 19.7. The first-order valence-corrected chi connectivity index (χ1v) is 10.9. The van der Waals surface area contributed by atoms with Gasteiger partial charge in [-0.05, 0) is 60.4 Å². The van der Waals surface area contributed by atoms with Crippen molar-refractivity contribution in [3.8, 4) is 0 Å². The predicted octanol–water partition coefficient (Wildman–Crippen LogP) is 7.45. The second-order valence-electron chi connectivity index (χ2n) is 7.67. The molecule has 2 nitrogen and oxygen atoms in total. The highest BCUT2D eigenvalue weighted by molar-refractivity contribution is 5.82. The number of aryl methyl sites for hydroxylation is 1. The third-order valence-electron chi connectivity index (χ3n) is 5.32. The normalized spacial score (nSPS) is 18.1. The van der Waals surface area contributed by atoms with Crippen molar-refractivity contribution in [3.63, 3.8) is 0 Å². The topological polar surface area (TPSA) is 29.5 Å². The summed E-state index contributed by atoms with van der Waals surface area (Å²) in [4.78, 5) is 0. The smallest absolute Gasteiger partial charge is 0.125 e. The van der Waals surface area contributed by atoms with E-state index in [1.165, 1.54) is 22.3 Å². The van der Waals surface area contributed by atoms with Crippen LogP contribution in [0.2, 0.25) is 0 Å². The van der Waals surface area contributed by atoms with E-state index >= 15 is 0 Å². The van der Waals surface area contributed by atoms with E-state index in [4.69, 9.17) is 4.74 Å². The molecule has 0 fully saturated rings. The lowest BCUT2D eigenvalue weighted by atomic mass is 9.81. The summed E-state index contributed by atoms with van der Waals surface area (Å²) >= 11 is 0. The Bertz CT molecular complexity index is 748. The van der Waals surface area contributed by atoms with E-state index in [1.807, 2.05) is 39.8 Å². The first kappa shape index (κ1) is 24.2. The molecule has 0 unspecified atom stereocenters. The summed E-state index contributed by atoms with van der Waals surface area (Å²) in [6.07, 6.45) is 7.63. The quantitative estimate of drug-likeness (QED) is 0.586. The Morgan fingerprint density at radius 3 is 2.46 bits per heavy atom. The lowest BCUT2D eigenvalue weighted by Crippen LogP contribution is -2.20. The van der Waals surface area contributed by atoms with Crippen molar-refractivity contribution in [3.05, 3.63) is 58.4 Å². The monoisotopic (exact) mass is 384 g/mol. The molecule has 1 aromatic rings. The number of aliphatic hydroxyl groups is 1. The number of hydrogen-bond acceptors (Lipinski definition) is 2. The SMILES string of the molecule is CC.CC.CCC(C)(C)/C=C(/C)c1c(C)ccc2c1COC1=C2[C@@H](O)CC=C1. The molecule has 3 rings (SSSR count). The minimum atomic E-state index is -0.476. The Hall–Kier alpha value is -1.80. The van der Waals surface area contributed by atoms with Gasteiger partial charge in [0.05, 0.1) is 6.10 Å². The zero-order valence-electron chi connectivity index (χ0n) is 19.4. The molecule has 1 atom stereocenters. The van der Waals surface area contributed by atoms with Crippen LogP contribution in [0.25, 0.3) is 11.1 Å². The van der Waals surface area contributed by atoms with Crippen LogP contribution >= 0.6 is 0 Å². The van der Waals surface area contributed by atoms with E-state index in [-0.39, 0.29) is 5.41 Å². The molecule has 2 heteroatoms. The van der Waals surface area contributed by atoms with E-state index in [0.29, 0.717) is 13.0 Å². The summed E-state index contributed by atoms with van der Waals surface area (Å²) in [5.41, 5.74) is 7.32. The molecule has 1 aliphatic heterocycles. The highest BCUT2D eigenvalue weighted by Crippen LogP contribution is 2.40. The van der Waals surface area contributed by atoms with Crippen molar-refractivity contribution < 1.29 is 9.84 Å². The van der Waals surface area contributed by atoms with Gasteiger partial charge in [-0.25, -0.2) is 0 Å². The van der Waals surface area contributed by atoms with E-state index in [2.05, 4.69) is 52.8 Å². The number of aliphatic hydroxyl groups excluding tert-OH is 1. The Balaban J connectivity index is 0.000000921. The molecule has 0 radical (unpaired) electrons. The summed E-state index contributed by atoms with van der Waals surface area (Å²) in [7, 11) is 0. The summed E-state index contributed by atoms with van der Waals surface area (Å²) in [5.74, 6) is 0.826. The molecular formula is C26H40O2. The molecule has 2 aliphatic rings. The second kappa shape index (κ2) is 10.7. The highest BCUT2D eigenvalue weighted by Gasteiger charge is 2.29. The Morgan fingerprint density at radius 2 is 1.86 bits per heavy atom. The fourth-order valence-electron chi connectivity index (χ4n) is 3.74. The maximum Gasteiger partial charge on any atom is 0.125 e. The maximum absolute atomic E-state index is 10.5. The van der Waals surface area contributed by atoms with Crippen LogP contribution < -0.4 is 0 Å². The second-order valence-corrected chi connectivity index (χ2v) is 7.67. The number of hydrogen-bond donors (Lipinski definition) is 1. The highest BCUT2D eigenvalue weighted by atomic mass is 16.5. The number of benzene rings is 1. The molecule has 0 spiro atoms. The van der Waals surface area contributed by atoms with Gasteiger partial charge in [-0.3, -0.25) is 0 Å². The summed E-state index contributed by atoms with van der Waals surface area (Å²) < 4.78 is 5.99. The van der Waals surface area contributed by atoms with Crippen LogP contribution in [0.4, 0.5) is 0 Å². The molecule has 28 heavy (non-hydrogen) atoms. The van der Waals surface area contributed by atoms with Crippen molar-refractivity contribution in [2.45, 2.75) is 87.9 Å². The minimum absolute atomic E-state index is 0.173. The number of allylic oxidation sites excluding steroid dienone is 3. The third-order valence-corrected chi connectivity index (χ3v) is 5.32. The van der Waals surface area contributed by atoms with Crippen LogP contribution in [0.15, 0.2) is 36.1 Å². The zero-order valence-corrected chi connectivity index (χ0v) is 19.4. The third kappa shape index (κ3) is 5.17. The van der Waals surface area contributed by atoms with Gasteiger partial charge in [0.1, 0.15) is 12.4 Å². The van der Waals surface area contributed by atoms with Gasteiger partial charge in [-0.2, -0.15) is 0 Å². The average Bonchev–Trinajstić information content (AvgIpc) is 2.70. The molecule has 0 bridgehead atoms. The van der Waals surface area contributed by atoms with Gasteiger partial charge in [0.15, 0.2) is 0 Å². The van der Waals surface area contributed by atoms with E-state index < -0.39 is 6.10 Å². The van der Waals surface area contributed by atoms with E-state index in [9.17, 15) is 5.11 Å². The van der Waals surface area contributed by atoms with Crippen molar-refractivity contribution in [2.24, 2.45) is 5.41 Å². The van der Waals surface area contributed by atoms with Gasteiger partial charge < -0.3 is 9.84 Å². The van der Waals surface area contributed by atoms with Crippen molar-refractivity contribution in [1.82, 2.24) is 0 Å². The molecule has 0 saturated heterocycles. The number of fused-ring (bicyclic) bond motifs is 2. The molecule has 1 aromatic carbocycles. The van der Waals surface area contributed by atoms with Crippen LogP contribution in [0.5, 0.6) is 0 Å². The zero-order chi connectivity index (χ0) is 21.5. The fraction of sp³-hybridized carbons (Fsp3) is 0.538. The first-order chi connectivity index (χ1) is 13.3. The molecule has 1 N–H and O–H groups in total. The van der Waals surface area contributed by atoms with Crippen LogP contribution in [0.1, 0.15) is 90.5 Å². The Labute approximate surface area is 173 Å². The average molecular weight is 385 g/mol. The fourth-order valence-corrected chi connectivity index (χ4v) is 3.74. The van der Waals surface area contributed by atoms with Gasteiger partial charge in [-0.15, -0.1) is 0 Å². The molecular weight excluding hydrogens is 344 g/mol. The molecule has 156 valence electrons. The molecule has 0 saturated carbocycles. The van der Waals surface area contributed by atoms with Gasteiger partial charge >= 0.3 is 0 Å². The van der Waals surface area contributed by atoms with Crippen LogP contribution in [-0.2, 0) is 11.3 Å². The lowest BCUT2D eigenvalue weighted by Gasteiger charge is -2.30. The van der Waals surface area contributed by atoms with Crippen molar-refractivity contribution in [2.75, 3.05) is 0 Å². The van der Waals surface area contributed by atoms with Crippen molar-refractivity contribution in [1.29, 1.82) is 0 Å². The van der Waals surface area contributed by atoms with E-state index in [0.717, 1.165) is 23.3 Å². The predicted molar refractivity (Wildman–Crippen MR) is 123 cm³/mol. The number of rotatable bonds is 3. The van der Waals surface area contributed by atoms with Crippen LogP contribution in [0.3, 0.4) is 0 Å².